The van der Waals surface area contributed by atoms with Crippen LogP contribution in [0.2, 0.25) is 0 Å². The summed E-state index contributed by atoms with van der Waals surface area (Å²) in [6, 6.07) is 24.6. The van der Waals surface area contributed by atoms with Crippen LogP contribution in [0.1, 0.15) is 68.4 Å². The molecule has 0 aromatic heterocycles. The van der Waals surface area contributed by atoms with Crippen molar-refractivity contribution in [1.29, 1.82) is 0 Å². The summed E-state index contributed by atoms with van der Waals surface area (Å²) in [4.78, 5) is 0. The van der Waals surface area contributed by atoms with E-state index in [9.17, 15) is 40.9 Å². The van der Waals surface area contributed by atoms with Crippen molar-refractivity contribution in [2.75, 3.05) is 21.3 Å². The Morgan fingerprint density at radius 2 is 1.00 bits per heavy atom. The SMILES string of the molecule is COc1cc([C@@H]2c3c(O)cc(O)cc3/C(=C/c3cc(OC)c4c(c3)[C@@H](c3cc(O)cc(O)c3)[C@H](c3ccc(O)c(OC)c3)O4)[C@H]2c2cc(O)cc(O)c2)ccc1O. The van der Waals surface area contributed by atoms with Crippen LogP contribution in [-0.4, -0.2) is 62.2 Å². The van der Waals surface area contributed by atoms with Crippen molar-refractivity contribution >= 4 is 11.6 Å². The Kier molecular flexibility index (Phi) is 9.04. The molecule has 0 fully saturated rings. The van der Waals surface area contributed by atoms with E-state index in [0.717, 1.165) is 0 Å². The van der Waals surface area contributed by atoms with Crippen LogP contribution in [0.3, 0.4) is 0 Å². The molecule has 8 N–H and O–H groups in total. The zero-order valence-electron chi connectivity index (χ0n) is 30.8. The highest BCUT2D eigenvalue weighted by Crippen LogP contribution is 2.60. The number of benzene rings is 6. The molecular weight excluding hydrogens is 732 g/mol. The van der Waals surface area contributed by atoms with Gasteiger partial charge < -0.3 is 59.8 Å². The lowest BCUT2D eigenvalue weighted by Gasteiger charge is -2.24. The molecular formula is C45H38O12. The van der Waals surface area contributed by atoms with Gasteiger partial charge in [0.15, 0.2) is 34.5 Å². The third kappa shape index (κ3) is 6.40. The van der Waals surface area contributed by atoms with E-state index in [2.05, 4.69) is 0 Å². The molecule has 1 heterocycles. The fraction of sp³-hybridized carbons (Fsp3) is 0.156. The van der Waals surface area contributed by atoms with Crippen molar-refractivity contribution in [3.63, 3.8) is 0 Å². The van der Waals surface area contributed by atoms with Gasteiger partial charge in [0.1, 0.15) is 40.6 Å². The molecule has 0 radical (unpaired) electrons. The number of allylic oxidation sites excluding steroid dienone is 1. The number of hydrogen-bond acceptors (Lipinski definition) is 12. The van der Waals surface area contributed by atoms with Crippen molar-refractivity contribution in [3.05, 3.63) is 142 Å². The summed E-state index contributed by atoms with van der Waals surface area (Å²) in [6.07, 6.45) is 1.11. The van der Waals surface area contributed by atoms with E-state index in [1.165, 1.54) is 82.0 Å². The summed E-state index contributed by atoms with van der Waals surface area (Å²) in [5.74, 6) is -2.14. The van der Waals surface area contributed by atoms with Gasteiger partial charge >= 0.3 is 0 Å². The summed E-state index contributed by atoms with van der Waals surface area (Å²) in [7, 11) is 4.35. The highest BCUT2D eigenvalue weighted by molar-refractivity contribution is 5.93. The van der Waals surface area contributed by atoms with Crippen LogP contribution in [0.5, 0.6) is 69.0 Å². The molecule has 4 atom stereocenters. The topological polar surface area (TPSA) is 199 Å². The molecule has 2 aliphatic rings. The Hall–Kier alpha value is -7.34. The number of methoxy groups -OCH3 is 3. The summed E-state index contributed by atoms with van der Waals surface area (Å²) in [5, 5.41) is 86.0. The lowest BCUT2D eigenvalue weighted by molar-refractivity contribution is 0.213. The maximum Gasteiger partial charge on any atom is 0.166 e. The zero-order chi connectivity index (χ0) is 40.3. The zero-order valence-corrected chi connectivity index (χ0v) is 30.8. The van der Waals surface area contributed by atoms with Crippen molar-refractivity contribution in [3.8, 4) is 69.0 Å². The first-order valence-corrected chi connectivity index (χ1v) is 17.8. The van der Waals surface area contributed by atoms with E-state index >= 15 is 0 Å². The molecule has 6 aromatic carbocycles. The molecule has 6 aromatic rings. The van der Waals surface area contributed by atoms with E-state index in [1.807, 2.05) is 12.1 Å². The number of ether oxygens (including phenoxy) is 4. The Bertz CT molecular complexity index is 2560. The average Bonchev–Trinajstić information content (AvgIpc) is 3.70. The first kappa shape index (κ1) is 36.6. The quantitative estimate of drug-likeness (QED) is 0.0741. The van der Waals surface area contributed by atoms with Gasteiger partial charge in [0.05, 0.1) is 27.2 Å². The number of phenols is 8. The fourth-order valence-electron chi connectivity index (χ4n) is 8.35. The van der Waals surface area contributed by atoms with Crippen molar-refractivity contribution < 1.29 is 59.8 Å². The molecule has 0 unspecified atom stereocenters. The van der Waals surface area contributed by atoms with Gasteiger partial charge in [-0.15, -0.1) is 0 Å². The first-order chi connectivity index (χ1) is 27.4. The third-order valence-corrected chi connectivity index (χ3v) is 10.6. The van der Waals surface area contributed by atoms with Crippen LogP contribution in [0.4, 0.5) is 0 Å². The molecule has 0 spiro atoms. The Morgan fingerprint density at radius 1 is 0.474 bits per heavy atom. The van der Waals surface area contributed by atoms with Crippen LogP contribution in [-0.2, 0) is 0 Å². The van der Waals surface area contributed by atoms with Gasteiger partial charge in [-0.3, -0.25) is 0 Å². The van der Waals surface area contributed by atoms with Crippen LogP contribution < -0.4 is 18.9 Å². The lowest BCUT2D eigenvalue weighted by Crippen LogP contribution is -2.11. The highest BCUT2D eigenvalue weighted by atomic mass is 16.5. The van der Waals surface area contributed by atoms with Crippen LogP contribution in [0.15, 0.2) is 97.1 Å². The minimum absolute atomic E-state index is 0.0672. The summed E-state index contributed by atoms with van der Waals surface area (Å²) in [5.41, 5.74) is 5.00. The van der Waals surface area contributed by atoms with Gasteiger partial charge in [0.25, 0.3) is 0 Å². The van der Waals surface area contributed by atoms with Crippen molar-refractivity contribution in [2.45, 2.75) is 23.9 Å². The molecule has 1 aliphatic heterocycles. The fourth-order valence-corrected chi connectivity index (χ4v) is 8.35. The Balaban J connectivity index is 1.38. The summed E-state index contributed by atoms with van der Waals surface area (Å²) < 4.78 is 23.4. The molecule has 8 rings (SSSR count). The molecule has 57 heavy (non-hydrogen) atoms. The predicted molar refractivity (Wildman–Crippen MR) is 209 cm³/mol. The molecule has 12 nitrogen and oxygen atoms in total. The van der Waals surface area contributed by atoms with Gasteiger partial charge in [-0.2, -0.15) is 0 Å². The van der Waals surface area contributed by atoms with Crippen molar-refractivity contribution in [2.24, 2.45) is 0 Å². The van der Waals surface area contributed by atoms with Gasteiger partial charge in [0, 0.05) is 41.2 Å². The molecule has 0 amide bonds. The molecule has 0 saturated heterocycles. The lowest BCUT2D eigenvalue weighted by atomic mass is 9.79. The van der Waals surface area contributed by atoms with Crippen molar-refractivity contribution in [1.82, 2.24) is 0 Å². The first-order valence-electron chi connectivity index (χ1n) is 17.8. The van der Waals surface area contributed by atoms with E-state index in [0.29, 0.717) is 61.6 Å². The molecule has 12 heteroatoms. The molecule has 0 bridgehead atoms. The predicted octanol–water partition coefficient (Wildman–Crippen LogP) is 8.09. The van der Waals surface area contributed by atoms with E-state index < -0.39 is 23.9 Å². The van der Waals surface area contributed by atoms with Crippen LogP contribution in [0, 0.1) is 0 Å². The largest absolute Gasteiger partial charge is 0.508 e. The maximum absolute atomic E-state index is 11.5. The normalized spacial score (nSPS) is 18.8. The van der Waals surface area contributed by atoms with E-state index in [1.54, 1.807) is 30.3 Å². The second-order valence-electron chi connectivity index (χ2n) is 14.1. The summed E-state index contributed by atoms with van der Waals surface area (Å²) >= 11 is 0. The second kappa shape index (κ2) is 14.1. The van der Waals surface area contributed by atoms with Gasteiger partial charge in [-0.1, -0.05) is 18.2 Å². The third-order valence-electron chi connectivity index (χ3n) is 10.6. The monoisotopic (exact) mass is 770 g/mol. The Labute approximate surface area is 326 Å². The van der Waals surface area contributed by atoms with Crippen LogP contribution >= 0.6 is 0 Å². The van der Waals surface area contributed by atoms with Crippen LogP contribution in [0.25, 0.3) is 11.6 Å². The standard InChI is InChI=1S/C45H38O12/c1-54-37-15-22(4-6-34(37)51)42-40(24-11-26(46)17-27(47)12-24)31(32-19-30(50)20-36(53)43(32)42)8-21-9-33-41(25-13-28(48)18-29(49)14-25)44(57-45(33)39(10-21)56-3)23-5-7-35(52)38(16-23)55-2/h4-20,40-42,44,46-53H,1-3H3/b31-8-/t40-,41-,42+,44+/m1/s1. The molecule has 0 saturated carbocycles. The minimum atomic E-state index is -0.745. The number of aromatic hydroxyl groups is 8. The summed E-state index contributed by atoms with van der Waals surface area (Å²) in [6.45, 7) is 0. The Morgan fingerprint density at radius 3 is 1.58 bits per heavy atom. The number of fused-ring (bicyclic) bond motifs is 2. The number of hydrogen-bond donors (Lipinski definition) is 8. The average molecular weight is 771 g/mol. The van der Waals surface area contributed by atoms with Gasteiger partial charge in [-0.05, 0) is 106 Å². The highest BCUT2D eigenvalue weighted by Gasteiger charge is 2.43. The van der Waals surface area contributed by atoms with E-state index in [4.69, 9.17) is 18.9 Å². The number of phenolic OH excluding ortho intramolecular Hbond substituents is 8. The smallest absolute Gasteiger partial charge is 0.166 e. The molecule has 290 valence electrons. The second-order valence-corrected chi connectivity index (χ2v) is 14.1. The minimum Gasteiger partial charge on any atom is -0.508 e. The molecule has 1 aliphatic carbocycles. The number of rotatable bonds is 8. The maximum atomic E-state index is 11.5. The van der Waals surface area contributed by atoms with Gasteiger partial charge in [0.2, 0.25) is 0 Å². The van der Waals surface area contributed by atoms with E-state index in [-0.39, 0.29) is 57.5 Å². The van der Waals surface area contributed by atoms with Gasteiger partial charge in [-0.25, -0.2) is 0 Å².